The van der Waals surface area contributed by atoms with Crippen LogP contribution >= 0.6 is 27.5 Å². The molecule has 0 aliphatic rings. The zero-order valence-corrected chi connectivity index (χ0v) is 12.9. The number of nitrogens with one attached hydrogen (secondary N) is 1. The number of carbonyl (C=O) groups excluding carboxylic acids is 1. The molecule has 104 valence electrons. The number of hydrogen-bond acceptors (Lipinski definition) is 3. The van der Waals surface area contributed by atoms with Gasteiger partial charge >= 0.3 is 0 Å². The van der Waals surface area contributed by atoms with Crippen molar-refractivity contribution in [3.05, 3.63) is 38.9 Å². The fourth-order valence-corrected chi connectivity index (χ4v) is 2.45. The summed E-state index contributed by atoms with van der Waals surface area (Å²) in [4.78, 5) is 22.4. The summed E-state index contributed by atoms with van der Waals surface area (Å²) in [6, 6.07) is 3.79. The summed E-state index contributed by atoms with van der Waals surface area (Å²) < 4.78 is 0. The number of nitro groups is 1. The Morgan fingerprint density at radius 1 is 1.47 bits per heavy atom. The Labute approximate surface area is 124 Å². The number of amides is 1. The SMILES string of the molecule is CC(Br)CC(C)NC(=O)c1cc(Cl)cc([N+](=O)[O-])c1. The molecular formula is C12H14BrClN2O3. The maximum atomic E-state index is 12.0. The number of alkyl halides is 1. The first kappa shape index (κ1) is 15.9. The molecule has 0 saturated carbocycles. The minimum Gasteiger partial charge on any atom is -0.350 e. The molecule has 1 rings (SSSR count). The molecule has 0 radical (unpaired) electrons. The van der Waals surface area contributed by atoms with Gasteiger partial charge in [0.25, 0.3) is 11.6 Å². The fourth-order valence-electron chi connectivity index (χ4n) is 1.66. The Kier molecular flexibility index (Phi) is 5.75. The molecule has 2 atom stereocenters. The summed E-state index contributed by atoms with van der Waals surface area (Å²) in [5, 5.41) is 13.6. The van der Waals surface area contributed by atoms with Crippen molar-refractivity contribution in [2.75, 3.05) is 0 Å². The first-order valence-electron chi connectivity index (χ1n) is 5.69. The van der Waals surface area contributed by atoms with Crippen LogP contribution in [0, 0.1) is 10.1 Å². The Morgan fingerprint density at radius 2 is 2.11 bits per heavy atom. The quantitative estimate of drug-likeness (QED) is 0.502. The third kappa shape index (κ3) is 5.16. The van der Waals surface area contributed by atoms with E-state index < -0.39 is 4.92 Å². The van der Waals surface area contributed by atoms with Crippen LogP contribution in [-0.4, -0.2) is 21.7 Å². The minimum atomic E-state index is -0.577. The molecule has 1 amide bonds. The number of rotatable bonds is 5. The molecule has 1 aromatic rings. The maximum absolute atomic E-state index is 12.0. The van der Waals surface area contributed by atoms with Gasteiger partial charge in [0.2, 0.25) is 0 Å². The van der Waals surface area contributed by atoms with Gasteiger partial charge in [-0.05, 0) is 19.4 Å². The zero-order valence-electron chi connectivity index (χ0n) is 10.5. The van der Waals surface area contributed by atoms with Crippen LogP contribution in [-0.2, 0) is 0 Å². The normalized spacial score (nSPS) is 13.7. The van der Waals surface area contributed by atoms with Gasteiger partial charge in [0.05, 0.1) is 4.92 Å². The van der Waals surface area contributed by atoms with Crippen molar-refractivity contribution in [1.29, 1.82) is 0 Å². The average Bonchev–Trinajstić information content (AvgIpc) is 2.26. The lowest BCUT2D eigenvalue weighted by Gasteiger charge is -2.15. The molecular weight excluding hydrogens is 336 g/mol. The molecule has 0 aliphatic carbocycles. The van der Waals surface area contributed by atoms with E-state index in [1.165, 1.54) is 18.2 Å². The van der Waals surface area contributed by atoms with Crippen LogP contribution in [0.5, 0.6) is 0 Å². The number of halogens is 2. The Hall–Kier alpha value is -1.14. The highest BCUT2D eigenvalue weighted by atomic mass is 79.9. The second-order valence-electron chi connectivity index (χ2n) is 4.35. The van der Waals surface area contributed by atoms with Crippen LogP contribution in [0.2, 0.25) is 5.02 Å². The number of benzene rings is 1. The van der Waals surface area contributed by atoms with E-state index in [1.807, 2.05) is 13.8 Å². The van der Waals surface area contributed by atoms with E-state index in [2.05, 4.69) is 21.2 Å². The predicted octanol–water partition coefficient (Wildman–Crippen LogP) is 3.54. The van der Waals surface area contributed by atoms with Crippen molar-refractivity contribution < 1.29 is 9.72 Å². The number of non-ortho nitro benzene ring substituents is 1. The van der Waals surface area contributed by atoms with Crippen LogP contribution in [0.15, 0.2) is 18.2 Å². The third-order valence-electron chi connectivity index (χ3n) is 2.41. The van der Waals surface area contributed by atoms with Crippen LogP contribution < -0.4 is 5.32 Å². The number of hydrogen-bond donors (Lipinski definition) is 1. The maximum Gasteiger partial charge on any atom is 0.271 e. The molecule has 19 heavy (non-hydrogen) atoms. The van der Waals surface area contributed by atoms with Crippen molar-refractivity contribution >= 4 is 39.1 Å². The van der Waals surface area contributed by atoms with Crippen molar-refractivity contribution in [2.45, 2.75) is 31.1 Å². The number of nitrogens with zero attached hydrogens (tertiary/aromatic N) is 1. The molecule has 1 N–H and O–H groups in total. The first-order chi connectivity index (χ1) is 8.79. The molecule has 0 aromatic heterocycles. The highest BCUT2D eigenvalue weighted by Gasteiger charge is 2.16. The smallest absolute Gasteiger partial charge is 0.271 e. The van der Waals surface area contributed by atoms with Crippen molar-refractivity contribution in [3.8, 4) is 0 Å². The monoisotopic (exact) mass is 348 g/mol. The van der Waals surface area contributed by atoms with Gasteiger partial charge in [-0.25, -0.2) is 0 Å². The Morgan fingerprint density at radius 3 is 2.63 bits per heavy atom. The van der Waals surface area contributed by atoms with E-state index in [1.54, 1.807) is 0 Å². The summed E-state index contributed by atoms with van der Waals surface area (Å²) in [5.41, 5.74) is -0.00700. The summed E-state index contributed by atoms with van der Waals surface area (Å²) in [7, 11) is 0. The van der Waals surface area contributed by atoms with E-state index in [4.69, 9.17) is 11.6 Å². The van der Waals surface area contributed by atoms with Gasteiger partial charge in [-0.3, -0.25) is 14.9 Å². The molecule has 5 nitrogen and oxygen atoms in total. The lowest BCUT2D eigenvalue weighted by molar-refractivity contribution is -0.384. The van der Waals surface area contributed by atoms with Crippen LogP contribution in [0.3, 0.4) is 0 Å². The molecule has 7 heteroatoms. The third-order valence-corrected chi connectivity index (χ3v) is 3.00. The summed E-state index contributed by atoms with van der Waals surface area (Å²) >= 11 is 9.17. The lowest BCUT2D eigenvalue weighted by atomic mass is 10.1. The summed E-state index contributed by atoms with van der Waals surface area (Å²) in [6.07, 6.45) is 0.758. The first-order valence-corrected chi connectivity index (χ1v) is 6.99. The molecule has 0 aliphatic heterocycles. The number of carbonyl (C=O) groups is 1. The van der Waals surface area contributed by atoms with Crippen LogP contribution in [0.4, 0.5) is 5.69 Å². The highest BCUT2D eigenvalue weighted by molar-refractivity contribution is 9.09. The highest BCUT2D eigenvalue weighted by Crippen LogP contribution is 2.21. The van der Waals surface area contributed by atoms with Gasteiger partial charge in [0, 0.05) is 33.6 Å². The van der Waals surface area contributed by atoms with E-state index in [9.17, 15) is 14.9 Å². The van der Waals surface area contributed by atoms with E-state index >= 15 is 0 Å². The predicted molar refractivity (Wildman–Crippen MR) is 78.0 cm³/mol. The second-order valence-corrected chi connectivity index (χ2v) is 6.35. The van der Waals surface area contributed by atoms with Gasteiger partial charge in [-0.1, -0.05) is 34.5 Å². The zero-order chi connectivity index (χ0) is 14.6. The van der Waals surface area contributed by atoms with Crippen LogP contribution in [0.1, 0.15) is 30.6 Å². The molecule has 1 aromatic carbocycles. The van der Waals surface area contributed by atoms with Crippen LogP contribution in [0.25, 0.3) is 0 Å². The van der Waals surface area contributed by atoms with E-state index in [0.717, 1.165) is 6.42 Å². The molecule has 2 unspecified atom stereocenters. The molecule has 0 spiro atoms. The summed E-state index contributed by atoms with van der Waals surface area (Å²) in [6.45, 7) is 3.85. The van der Waals surface area contributed by atoms with Crippen molar-refractivity contribution in [3.63, 3.8) is 0 Å². The van der Waals surface area contributed by atoms with Gasteiger partial charge in [-0.2, -0.15) is 0 Å². The van der Waals surface area contributed by atoms with E-state index in [-0.39, 0.29) is 33.0 Å². The fraction of sp³-hybridized carbons (Fsp3) is 0.417. The van der Waals surface area contributed by atoms with E-state index in [0.29, 0.717) is 0 Å². The van der Waals surface area contributed by atoms with Crippen molar-refractivity contribution in [2.24, 2.45) is 0 Å². The van der Waals surface area contributed by atoms with Gasteiger partial charge in [-0.15, -0.1) is 0 Å². The van der Waals surface area contributed by atoms with Gasteiger partial charge in [0.15, 0.2) is 0 Å². The molecule has 0 saturated heterocycles. The molecule has 0 fully saturated rings. The molecule has 0 heterocycles. The minimum absolute atomic E-state index is 0.0417. The lowest BCUT2D eigenvalue weighted by Crippen LogP contribution is -2.33. The van der Waals surface area contributed by atoms with Gasteiger partial charge in [0.1, 0.15) is 0 Å². The Balaban J connectivity index is 2.85. The second kappa shape index (κ2) is 6.86. The largest absolute Gasteiger partial charge is 0.350 e. The number of nitro benzene ring substituents is 1. The average molecular weight is 350 g/mol. The molecule has 0 bridgehead atoms. The topological polar surface area (TPSA) is 72.2 Å². The van der Waals surface area contributed by atoms with Gasteiger partial charge < -0.3 is 5.32 Å². The summed E-state index contributed by atoms with van der Waals surface area (Å²) in [5.74, 6) is -0.369. The standard InChI is InChI=1S/C12H14BrClN2O3/c1-7(13)3-8(2)15-12(17)9-4-10(14)6-11(5-9)16(18)19/h4-8H,3H2,1-2H3,(H,15,17). The Bertz CT molecular complexity index is 494. The van der Waals surface area contributed by atoms with Crippen molar-refractivity contribution in [1.82, 2.24) is 5.32 Å².